The maximum Gasteiger partial charge on any atom is 0.104 e. The number of ether oxygens (including phenoxy) is 1. The van der Waals surface area contributed by atoms with Gasteiger partial charge in [-0.05, 0) is 18.9 Å². The Morgan fingerprint density at radius 3 is 2.62 bits per heavy atom. The van der Waals surface area contributed by atoms with Crippen LogP contribution in [0.3, 0.4) is 0 Å². The van der Waals surface area contributed by atoms with Crippen molar-refractivity contribution in [2.45, 2.75) is 26.9 Å². The topological polar surface area (TPSA) is 27.1 Å². The summed E-state index contributed by atoms with van der Waals surface area (Å²) >= 11 is 0. The maximum atomic E-state index is 5.63. The zero-order valence-electron chi connectivity index (χ0n) is 8.82. The van der Waals surface area contributed by atoms with Crippen molar-refractivity contribution in [2.75, 3.05) is 6.61 Å². The van der Waals surface area contributed by atoms with Crippen molar-refractivity contribution in [3.63, 3.8) is 0 Å². The normalized spacial score (nSPS) is 13.6. The zero-order valence-corrected chi connectivity index (χ0v) is 8.82. The molecule has 0 bridgehead atoms. The van der Waals surface area contributed by atoms with Crippen molar-refractivity contribution < 1.29 is 4.74 Å². The first-order chi connectivity index (χ1) is 6.15. The highest BCUT2D eigenvalue weighted by atomic mass is 16.5. The molecule has 13 heavy (non-hydrogen) atoms. The second-order valence-corrected chi connectivity index (χ2v) is 3.53. The molecule has 3 nitrogen and oxygen atoms in total. The molecule has 0 amide bonds. The summed E-state index contributed by atoms with van der Waals surface area (Å²) in [7, 11) is 1.92. The quantitative estimate of drug-likeness (QED) is 0.713. The van der Waals surface area contributed by atoms with Crippen LogP contribution in [-0.4, -0.2) is 16.4 Å². The van der Waals surface area contributed by atoms with E-state index < -0.39 is 0 Å². The Kier molecular flexibility index (Phi) is 3.48. The van der Waals surface area contributed by atoms with Gasteiger partial charge in [-0.3, -0.25) is 4.68 Å². The van der Waals surface area contributed by atoms with Gasteiger partial charge in [-0.2, -0.15) is 5.10 Å². The van der Waals surface area contributed by atoms with Gasteiger partial charge >= 0.3 is 0 Å². The minimum Gasteiger partial charge on any atom is -0.372 e. The molecule has 0 fully saturated rings. The molecule has 3 heteroatoms. The van der Waals surface area contributed by atoms with E-state index in [4.69, 9.17) is 4.74 Å². The molecule has 0 saturated carbocycles. The van der Waals surface area contributed by atoms with Gasteiger partial charge in [0.15, 0.2) is 0 Å². The van der Waals surface area contributed by atoms with E-state index in [0.29, 0.717) is 5.92 Å². The molecule has 0 saturated heterocycles. The number of aryl methyl sites for hydroxylation is 1. The van der Waals surface area contributed by atoms with Crippen molar-refractivity contribution in [1.29, 1.82) is 0 Å². The summed E-state index contributed by atoms with van der Waals surface area (Å²) in [6.07, 6.45) is 2.08. The molecule has 74 valence electrons. The SMILES string of the molecule is CCOC(c1ccn(C)n1)C(C)C. The molecule has 0 aliphatic heterocycles. The largest absolute Gasteiger partial charge is 0.372 e. The number of hydrogen-bond donors (Lipinski definition) is 0. The van der Waals surface area contributed by atoms with Gasteiger partial charge in [-0.25, -0.2) is 0 Å². The van der Waals surface area contributed by atoms with Gasteiger partial charge in [0.25, 0.3) is 0 Å². The van der Waals surface area contributed by atoms with Gasteiger partial charge in [0.1, 0.15) is 6.10 Å². The minimum absolute atomic E-state index is 0.131. The maximum absolute atomic E-state index is 5.63. The van der Waals surface area contributed by atoms with E-state index in [1.807, 2.05) is 30.9 Å². The van der Waals surface area contributed by atoms with Crippen molar-refractivity contribution >= 4 is 0 Å². The van der Waals surface area contributed by atoms with Crippen LogP contribution in [0.15, 0.2) is 12.3 Å². The Hall–Kier alpha value is -0.830. The minimum atomic E-state index is 0.131. The second kappa shape index (κ2) is 4.42. The summed E-state index contributed by atoms with van der Waals surface area (Å²) < 4.78 is 7.44. The van der Waals surface area contributed by atoms with Gasteiger partial charge in [-0.15, -0.1) is 0 Å². The lowest BCUT2D eigenvalue weighted by Gasteiger charge is -2.18. The molecular formula is C10H18N2O. The van der Waals surface area contributed by atoms with Crippen LogP contribution in [0.4, 0.5) is 0 Å². The van der Waals surface area contributed by atoms with E-state index in [-0.39, 0.29) is 6.10 Å². The molecule has 1 aromatic heterocycles. The predicted octanol–water partition coefficient (Wildman–Crippen LogP) is 2.15. The van der Waals surface area contributed by atoms with Crippen LogP contribution in [0.1, 0.15) is 32.6 Å². The monoisotopic (exact) mass is 182 g/mol. The fourth-order valence-electron chi connectivity index (χ4n) is 1.38. The molecule has 1 aromatic rings. The Bertz CT molecular complexity index is 255. The van der Waals surface area contributed by atoms with Crippen LogP contribution < -0.4 is 0 Å². The second-order valence-electron chi connectivity index (χ2n) is 3.53. The molecule has 0 N–H and O–H groups in total. The van der Waals surface area contributed by atoms with E-state index in [0.717, 1.165) is 12.3 Å². The molecule has 0 aliphatic rings. The van der Waals surface area contributed by atoms with Crippen LogP contribution in [0.5, 0.6) is 0 Å². The number of rotatable bonds is 4. The average Bonchev–Trinajstić information content (AvgIpc) is 2.46. The lowest BCUT2D eigenvalue weighted by Crippen LogP contribution is -2.12. The standard InChI is InChI=1S/C10H18N2O/c1-5-13-10(8(2)3)9-6-7-12(4)11-9/h6-8,10H,5H2,1-4H3. The molecule has 1 unspecified atom stereocenters. The molecule has 0 radical (unpaired) electrons. The third kappa shape index (κ3) is 2.56. The number of hydrogen-bond acceptors (Lipinski definition) is 2. The Labute approximate surface area is 79.7 Å². The third-order valence-electron chi connectivity index (χ3n) is 1.98. The van der Waals surface area contributed by atoms with Crippen LogP contribution in [0, 0.1) is 5.92 Å². The molecule has 1 atom stereocenters. The lowest BCUT2D eigenvalue weighted by molar-refractivity contribution is 0.0261. The molecule has 0 aliphatic carbocycles. The Morgan fingerprint density at radius 2 is 2.23 bits per heavy atom. The zero-order chi connectivity index (χ0) is 9.84. The van der Waals surface area contributed by atoms with Gasteiger partial charge in [0.05, 0.1) is 5.69 Å². The van der Waals surface area contributed by atoms with Gasteiger partial charge in [0.2, 0.25) is 0 Å². The molecule has 1 heterocycles. The smallest absolute Gasteiger partial charge is 0.104 e. The summed E-state index contributed by atoms with van der Waals surface area (Å²) in [5.41, 5.74) is 1.03. The summed E-state index contributed by atoms with van der Waals surface area (Å²) in [5, 5.41) is 4.34. The summed E-state index contributed by atoms with van der Waals surface area (Å²) in [4.78, 5) is 0. The van der Waals surface area contributed by atoms with Crippen LogP contribution >= 0.6 is 0 Å². The van der Waals surface area contributed by atoms with Crippen LogP contribution in [0.25, 0.3) is 0 Å². The number of nitrogens with zero attached hydrogens (tertiary/aromatic N) is 2. The van der Waals surface area contributed by atoms with E-state index in [1.165, 1.54) is 0 Å². The van der Waals surface area contributed by atoms with Gasteiger partial charge in [0, 0.05) is 19.9 Å². The Morgan fingerprint density at radius 1 is 1.54 bits per heavy atom. The highest BCUT2D eigenvalue weighted by Crippen LogP contribution is 2.23. The fraction of sp³-hybridized carbons (Fsp3) is 0.700. The molecule has 0 aromatic carbocycles. The Balaban J connectivity index is 2.75. The van der Waals surface area contributed by atoms with Crippen molar-refractivity contribution in [1.82, 2.24) is 9.78 Å². The fourth-order valence-corrected chi connectivity index (χ4v) is 1.38. The van der Waals surface area contributed by atoms with E-state index in [1.54, 1.807) is 0 Å². The van der Waals surface area contributed by atoms with Gasteiger partial charge in [-0.1, -0.05) is 13.8 Å². The third-order valence-corrected chi connectivity index (χ3v) is 1.98. The van der Waals surface area contributed by atoms with E-state index >= 15 is 0 Å². The molecular weight excluding hydrogens is 164 g/mol. The lowest BCUT2D eigenvalue weighted by atomic mass is 10.0. The summed E-state index contributed by atoms with van der Waals surface area (Å²) in [6, 6.07) is 2.01. The van der Waals surface area contributed by atoms with Crippen LogP contribution in [0.2, 0.25) is 0 Å². The highest BCUT2D eigenvalue weighted by molar-refractivity contribution is 5.03. The van der Waals surface area contributed by atoms with Crippen molar-refractivity contribution in [2.24, 2.45) is 13.0 Å². The van der Waals surface area contributed by atoms with Gasteiger partial charge < -0.3 is 4.74 Å². The van der Waals surface area contributed by atoms with Crippen molar-refractivity contribution in [3.05, 3.63) is 18.0 Å². The highest BCUT2D eigenvalue weighted by Gasteiger charge is 2.17. The first kappa shape index (κ1) is 10.3. The first-order valence-corrected chi connectivity index (χ1v) is 4.76. The predicted molar refractivity (Wildman–Crippen MR) is 52.4 cm³/mol. The van der Waals surface area contributed by atoms with Crippen LogP contribution in [-0.2, 0) is 11.8 Å². The first-order valence-electron chi connectivity index (χ1n) is 4.76. The summed E-state index contributed by atoms with van der Waals surface area (Å²) in [6.45, 7) is 7.04. The molecule has 1 rings (SSSR count). The van der Waals surface area contributed by atoms with E-state index in [2.05, 4.69) is 18.9 Å². The van der Waals surface area contributed by atoms with E-state index in [9.17, 15) is 0 Å². The molecule has 0 spiro atoms. The van der Waals surface area contributed by atoms with Crippen molar-refractivity contribution in [3.8, 4) is 0 Å². The summed E-state index contributed by atoms with van der Waals surface area (Å²) in [5.74, 6) is 0.467. The number of aromatic nitrogens is 2. The average molecular weight is 182 g/mol.